The lowest BCUT2D eigenvalue weighted by Crippen LogP contribution is -2.28. The molecule has 1 heterocycles. The van der Waals surface area contributed by atoms with E-state index in [1.54, 1.807) is 54.4 Å². The molecule has 0 unspecified atom stereocenters. The molecule has 0 aliphatic carbocycles. The summed E-state index contributed by atoms with van der Waals surface area (Å²) in [5.41, 5.74) is 0.937. The lowest BCUT2D eigenvalue weighted by molar-refractivity contribution is -0.118. The molecule has 1 N–H and O–H groups in total. The maximum absolute atomic E-state index is 12.3. The Morgan fingerprint density at radius 2 is 2.04 bits per heavy atom. The zero-order valence-electron chi connectivity index (χ0n) is 13.6. The fraction of sp³-hybridized carbons (Fsp3) is 0.222. The Morgan fingerprint density at radius 3 is 2.80 bits per heavy atom. The van der Waals surface area contributed by atoms with Gasteiger partial charge in [-0.2, -0.15) is 0 Å². The average Bonchev–Trinajstić information content (AvgIpc) is 2.74. The fourth-order valence-electron chi connectivity index (χ4n) is 2.38. The minimum atomic E-state index is -0.328. The molecule has 7 heteroatoms. The van der Waals surface area contributed by atoms with E-state index in [0.717, 1.165) is 0 Å². The second kappa shape index (κ2) is 7.44. The molecular formula is C18H17ClN2O4. The smallest absolute Gasteiger partial charge is 0.262 e. The predicted octanol–water partition coefficient (Wildman–Crippen LogP) is 2.82. The third-order valence-corrected chi connectivity index (χ3v) is 3.96. The van der Waals surface area contributed by atoms with Crippen molar-refractivity contribution < 1.29 is 19.1 Å². The largest absolute Gasteiger partial charge is 0.491 e. The molecule has 0 radical (unpaired) electrons. The number of rotatable bonds is 4. The second-order valence-corrected chi connectivity index (χ2v) is 6.01. The van der Waals surface area contributed by atoms with Gasteiger partial charge in [-0.05, 0) is 42.5 Å². The van der Waals surface area contributed by atoms with Gasteiger partial charge in [-0.15, -0.1) is 0 Å². The summed E-state index contributed by atoms with van der Waals surface area (Å²) in [6, 6.07) is 11.7. The van der Waals surface area contributed by atoms with E-state index >= 15 is 0 Å². The van der Waals surface area contributed by atoms with Crippen LogP contribution >= 0.6 is 11.6 Å². The van der Waals surface area contributed by atoms with Crippen LogP contribution in [-0.4, -0.2) is 43.5 Å². The van der Waals surface area contributed by atoms with Crippen LogP contribution in [0.3, 0.4) is 0 Å². The van der Waals surface area contributed by atoms with Gasteiger partial charge in [-0.3, -0.25) is 9.59 Å². The standard InChI is InChI=1S/C18H17ClN2O4/c1-21-8-9-24-16-7-4-13(10-15(16)18(21)23)20-17(22)11-25-14-5-2-12(19)3-6-14/h2-7,10H,8-9,11H2,1H3,(H,20,22). The van der Waals surface area contributed by atoms with Gasteiger partial charge in [0.05, 0.1) is 12.1 Å². The quantitative estimate of drug-likeness (QED) is 0.910. The van der Waals surface area contributed by atoms with Crippen LogP contribution in [-0.2, 0) is 4.79 Å². The van der Waals surface area contributed by atoms with E-state index in [0.29, 0.717) is 40.9 Å². The summed E-state index contributed by atoms with van der Waals surface area (Å²) in [6.45, 7) is 0.809. The number of anilines is 1. The van der Waals surface area contributed by atoms with Crippen LogP contribution in [0.25, 0.3) is 0 Å². The maximum atomic E-state index is 12.3. The highest BCUT2D eigenvalue weighted by molar-refractivity contribution is 6.30. The lowest BCUT2D eigenvalue weighted by atomic mass is 10.1. The number of ether oxygens (including phenoxy) is 2. The number of nitrogens with zero attached hydrogens (tertiary/aromatic N) is 1. The molecule has 130 valence electrons. The van der Waals surface area contributed by atoms with Crippen LogP contribution in [0, 0.1) is 0 Å². The van der Waals surface area contributed by atoms with Crippen molar-refractivity contribution in [3.63, 3.8) is 0 Å². The molecule has 0 saturated carbocycles. The first kappa shape index (κ1) is 17.1. The number of carbonyl (C=O) groups excluding carboxylic acids is 2. The van der Waals surface area contributed by atoms with Gasteiger partial charge >= 0.3 is 0 Å². The monoisotopic (exact) mass is 360 g/mol. The van der Waals surface area contributed by atoms with Crippen LogP contribution in [0.15, 0.2) is 42.5 Å². The van der Waals surface area contributed by atoms with Crippen LogP contribution in [0.4, 0.5) is 5.69 Å². The summed E-state index contributed by atoms with van der Waals surface area (Å²) in [4.78, 5) is 25.9. The average molecular weight is 361 g/mol. The second-order valence-electron chi connectivity index (χ2n) is 5.58. The van der Waals surface area contributed by atoms with E-state index in [2.05, 4.69) is 5.32 Å². The van der Waals surface area contributed by atoms with Gasteiger partial charge < -0.3 is 19.7 Å². The molecule has 25 heavy (non-hydrogen) atoms. The molecule has 0 bridgehead atoms. The Bertz CT molecular complexity index is 792. The van der Waals surface area contributed by atoms with Crippen molar-refractivity contribution in [2.24, 2.45) is 0 Å². The third-order valence-electron chi connectivity index (χ3n) is 3.71. The summed E-state index contributed by atoms with van der Waals surface area (Å²) >= 11 is 5.80. The number of benzene rings is 2. The molecule has 0 atom stereocenters. The molecule has 2 amide bonds. The van der Waals surface area contributed by atoms with E-state index in [1.807, 2.05) is 0 Å². The number of hydrogen-bond donors (Lipinski definition) is 1. The first-order valence-electron chi connectivity index (χ1n) is 7.73. The van der Waals surface area contributed by atoms with E-state index in [9.17, 15) is 9.59 Å². The number of likely N-dealkylation sites (N-methyl/N-ethyl adjacent to an activating group) is 1. The Balaban J connectivity index is 1.64. The van der Waals surface area contributed by atoms with Gasteiger partial charge in [0.15, 0.2) is 6.61 Å². The Labute approximate surface area is 150 Å². The summed E-state index contributed by atoms with van der Waals surface area (Å²) in [7, 11) is 1.71. The number of amides is 2. The van der Waals surface area contributed by atoms with E-state index in [1.165, 1.54) is 0 Å². The van der Waals surface area contributed by atoms with Gasteiger partial charge in [0.1, 0.15) is 18.1 Å². The number of nitrogens with one attached hydrogen (secondary N) is 1. The Hall–Kier alpha value is -2.73. The molecule has 2 aromatic carbocycles. The van der Waals surface area contributed by atoms with Gasteiger partial charge in [0.25, 0.3) is 11.8 Å². The predicted molar refractivity (Wildman–Crippen MR) is 94.5 cm³/mol. The molecule has 6 nitrogen and oxygen atoms in total. The van der Waals surface area contributed by atoms with Crippen LogP contribution in [0.2, 0.25) is 5.02 Å². The zero-order chi connectivity index (χ0) is 17.8. The highest BCUT2D eigenvalue weighted by Gasteiger charge is 2.21. The molecule has 0 fully saturated rings. The first-order chi connectivity index (χ1) is 12.0. The Kier molecular flexibility index (Phi) is 5.09. The van der Waals surface area contributed by atoms with Crippen LogP contribution in [0.5, 0.6) is 11.5 Å². The molecule has 0 aromatic heterocycles. The van der Waals surface area contributed by atoms with E-state index < -0.39 is 0 Å². The molecule has 2 aromatic rings. The number of halogens is 1. The molecule has 0 saturated heterocycles. The van der Waals surface area contributed by atoms with Crippen molar-refractivity contribution in [2.45, 2.75) is 0 Å². The van der Waals surface area contributed by atoms with Crippen molar-refractivity contribution >= 4 is 29.1 Å². The number of carbonyl (C=O) groups is 2. The molecular weight excluding hydrogens is 344 g/mol. The maximum Gasteiger partial charge on any atom is 0.262 e. The van der Waals surface area contributed by atoms with Gasteiger partial charge in [0.2, 0.25) is 0 Å². The van der Waals surface area contributed by atoms with Crippen molar-refractivity contribution in [2.75, 3.05) is 32.1 Å². The van der Waals surface area contributed by atoms with Gasteiger partial charge in [-0.25, -0.2) is 0 Å². The Morgan fingerprint density at radius 1 is 1.28 bits per heavy atom. The lowest BCUT2D eigenvalue weighted by Gasteiger charge is -2.13. The zero-order valence-corrected chi connectivity index (χ0v) is 14.4. The molecule has 1 aliphatic heterocycles. The fourth-order valence-corrected chi connectivity index (χ4v) is 2.50. The van der Waals surface area contributed by atoms with E-state index in [-0.39, 0.29) is 18.4 Å². The molecule has 1 aliphatic rings. The summed E-state index contributed by atoms with van der Waals surface area (Å²) in [5.74, 6) is 0.600. The van der Waals surface area contributed by atoms with Crippen molar-refractivity contribution in [1.82, 2.24) is 4.90 Å². The van der Waals surface area contributed by atoms with Crippen LogP contribution in [0.1, 0.15) is 10.4 Å². The molecule has 3 rings (SSSR count). The molecule has 0 spiro atoms. The number of hydrogen-bond acceptors (Lipinski definition) is 4. The van der Waals surface area contributed by atoms with Gasteiger partial charge in [-0.1, -0.05) is 11.6 Å². The topological polar surface area (TPSA) is 67.9 Å². The van der Waals surface area contributed by atoms with E-state index in [4.69, 9.17) is 21.1 Å². The SMILES string of the molecule is CN1CCOc2ccc(NC(=O)COc3ccc(Cl)cc3)cc2C1=O. The number of fused-ring (bicyclic) bond motifs is 1. The van der Waals surface area contributed by atoms with Crippen molar-refractivity contribution in [1.29, 1.82) is 0 Å². The minimum absolute atomic E-state index is 0.138. The summed E-state index contributed by atoms with van der Waals surface area (Å²) in [6.07, 6.45) is 0. The first-order valence-corrected chi connectivity index (χ1v) is 8.11. The highest BCUT2D eigenvalue weighted by atomic mass is 35.5. The third kappa shape index (κ3) is 4.22. The van der Waals surface area contributed by atoms with Gasteiger partial charge in [0, 0.05) is 17.8 Å². The summed E-state index contributed by atoms with van der Waals surface area (Å²) < 4.78 is 10.9. The summed E-state index contributed by atoms with van der Waals surface area (Å²) in [5, 5.41) is 3.31. The van der Waals surface area contributed by atoms with Crippen LogP contribution < -0.4 is 14.8 Å². The van der Waals surface area contributed by atoms with Crippen molar-refractivity contribution in [3.8, 4) is 11.5 Å². The highest BCUT2D eigenvalue weighted by Crippen LogP contribution is 2.26. The minimum Gasteiger partial charge on any atom is -0.491 e. The normalized spacial score (nSPS) is 13.5. The van der Waals surface area contributed by atoms with Crippen molar-refractivity contribution in [3.05, 3.63) is 53.1 Å².